The van der Waals surface area contributed by atoms with E-state index in [4.69, 9.17) is 13.1 Å². The van der Waals surface area contributed by atoms with Gasteiger partial charge in [0.25, 0.3) is 0 Å². The van der Waals surface area contributed by atoms with Gasteiger partial charge in [-0.1, -0.05) is 132 Å². The third-order valence-electron chi connectivity index (χ3n) is 11.6. The van der Waals surface area contributed by atoms with Gasteiger partial charge in [-0.05, 0) is 93.6 Å². The topological polar surface area (TPSA) is 62.8 Å². The predicted molar refractivity (Wildman–Crippen MR) is 245 cm³/mol. The van der Waals surface area contributed by atoms with E-state index in [-0.39, 0.29) is 13.4 Å². The van der Waals surface area contributed by atoms with Crippen LogP contribution in [0, 0.1) is 35.8 Å². The molecule has 0 aromatic heterocycles. The number of nitriles is 2. The van der Waals surface area contributed by atoms with Gasteiger partial charge in [0.1, 0.15) is 0 Å². The van der Waals surface area contributed by atoms with E-state index in [9.17, 15) is 10.5 Å². The normalized spacial score (nSPS) is 12.1. The summed E-state index contributed by atoms with van der Waals surface area (Å²) in [5.74, 6) is 0. The molecule has 8 aromatic rings. The number of hydrogen-bond donors (Lipinski definition) is 0. The fourth-order valence-electron chi connectivity index (χ4n) is 9.08. The quantitative estimate of drug-likeness (QED) is 0.130. The fraction of sp³-hybridized carbons (Fsp3) is 0. The summed E-state index contributed by atoms with van der Waals surface area (Å²) in [5.41, 5.74) is 16.0. The summed E-state index contributed by atoms with van der Waals surface area (Å²) in [6.07, 6.45) is 0. The Balaban J connectivity index is 1.20. The smallest absolute Gasteiger partial charge is 0.246 e. The van der Waals surface area contributed by atoms with Crippen molar-refractivity contribution in [3.63, 3.8) is 0 Å². The summed E-state index contributed by atoms with van der Waals surface area (Å²) in [5, 5.41) is 20.0. The van der Waals surface area contributed by atoms with E-state index in [1.807, 2.05) is 48.5 Å². The predicted octanol–water partition coefficient (Wildman–Crippen LogP) is 8.80. The monoisotopic (exact) mass is 760 g/mol. The van der Waals surface area contributed by atoms with E-state index in [1.165, 1.54) is 0 Å². The number of benzene rings is 8. The van der Waals surface area contributed by atoms with Crippen molar-refractivity contribution in [1.29, 1.82) is 10.5 Å². The van der Waals surface area contributed by atoms with E-state index in [1.54, 1.807) is 12.1 Å². The van der Waals surface area contributed by atoms with E-state index >= 15 is 0 Å². The molecule has 2 aliphatic heterocycles. The van der Waals surface area contributed by atoms with Crippen molar-refractivity contribution >= 4 is 91.7 Å². The summed E-state index contributed by atoms with van der Waals surface area (Å²) in [6.45, 7) is 15.5. The van der Waals surface area contributed by atoms with Crippen molar-refractivity contribution in [2.45, 2.75) is 0 Å². The van der Waals surface area contributed by atoms with Gasteiger partial charge in [-0.15, -0.1) is 0 Å². The molecule has 60 heavy (non-hydrogen) atoms. The van der Waals surface area contributed by atoms with Gasteiger partial charge in [-0.2, -0.15) is 10.5 Å². The zero-order valence-electron chi connectivity index (χ0n) is 32.2. The highest BCUT2D eigenvalue weighted by Gasteiger charge is 2.37. The van der Waals surface area contributed by atoms with Crippen molar-refractivity contribution < 1.29 is 0 Å². The molecule has 0 fully saturated rings. The van der Waals surface area contributed by atoms with Gasteiger partial charge in [-0.3, -0.25) is 0 Å². The first-order valence-corrected chi connectivity index (χ1v) is 19.6. The van der Waals surface area contributed by atoms with E-state index in [0.717, 1.165) is 78.0 Å². The molecule has 2 aliphatic rings. The molecule has 274 valence electrons. The molecule has 0 radical (unpaired) electrons. The molecule has 10 rings (SSSR count). The first-order chi connectivity index (χ1) is 29.6. The number of hydrogen-bond acceptors (Lipinski definition) is 4. The average Bonchev–Trinajstić information content (AvgIpc) is 3.32. The Morgan fingerprint density at radius 1 is 0.400 bits per heavy atom. The molecular formula is C52H30B2N6. The lowest BCUT2D eigenvalue weighted by Gasteiger charge is -2.38. The molecule has 6 nitrogen and oxygen atoms in total. The minimum Gasteiger partial charge on any atom is -0.313 e. The van der Waals surface area contributed by atoms with Crippen LogP contribution in [0.4, 0.5) is 45.5 Å². The summed E-state index contributed by atoms with van der Waals surface area (Å²) < 4.78 is 0. The number of para-hydroxylation sites is 2. The van der Waals surface area contributed by atoms with Crippen LogP contribution in [0.25, 0.3) is 20.8 Å². The highest BCUT2D eigenvalue weighted by Crippen LogP contribution is 2.41. The maximum Gasteiger partial charge on any atom is 0.246 e. The van der Waals surface area contributed by atoms with Gasteiger partial charge in [-0.25, -0.2) is 9.69 Å². The van der Waals surface area contributed by atoms with Crippen LogP contribution in [0.3, 0.4) is 0 Å². The standard InChI is InChI=1S/C52H30B2N6/c1-57-41-25-35(33-55)27-43(31-41)59-49-19-11-9-17-45(49)53(39-13-5-3-6-14-39)47-29-37(21-23-51(47)59)38-22-24-52-48(30-38)54(40-15-7-4-8-16-40)46-18-10-12-20-50(46)60(52)44-28-36(34-56)26-42(32-44)58-2/h3-32H. The molecular weight excluding hydrogens is 730 g/mol. The highest BCUT2D eigenvalue weighted by atomic mass is 15.2. The minimum absolute atomic E-state index is 0.0887. The molecule has 2 heterocycles. The molecule has 8 heteroatoms. The third kappa shape index (κ3) is 5.97. The summed E-state index contributed by atoms with van der Waals surface area (Å²) >= 11 is 0. The Morgan fingerprint density at radius 3 is 1.18 bits per heavy atom. The van der Waals surface area contributed by atoms with Gasteiger partial charge in [0.05, 0.1) is 25.3 Å². The van der Waals surface area contributed by atoms with Crippen LogP contribution >= 0.6 is 0 Å². The maximum absolute atomic E-state index is 9.98. The number of anilines is 6. The Bertz CT molecular complexity index is 2910. The Morgan fingerprint density at radius 2 is 0.783 bits per heavy atom. The summed E-state index contributed by atoms with van der Waals surface area (Å²) in [4.78, 5) is 11.8. The molecule has 0 saturated carbocycles. The van der Waals surface area contributed by atoms with E-state index in [0.29, 0.717) is 22.5 Å². The third-order valence-corrected chi connectivity index (χ3v) is 11.6. The molecule has 0 unspecified atom stereocenters. The molecule has 0 atom stereocenters. The molecule has 0 aliphatic carbocycles. The molecule has 0 amide bonds. The zero-order valence-corrected chi connectivity index (χ0v) is 32.2. The summed E-state index contributed by atoms with van der Waals surface area (Å²) in [7, 11) is 0. The highest BCUT2D eigenvalue weighted by molar-refractivity contribution is 6.98. The van der Waals surface area contributed by atoms with E-state index in [2.05, 4.69) is 153 Å². The van der Waals surface area contributed by atoms with Gasteiger partial charge in [0.2, 0.25) is 13.4 Å². The SMILES string of the molecule is [C-]#[N+]c1cc(C#N)cc(N2c3ccccc3B(c3ccccc3)c3cc(-c4ccc5c(c4)B(c4ccccc4)c4ccccc4N5c4cc(C#N)cc([N+]#[C-])c4)ccc32)c1. The van der Waals surface area contributed by atoms with Crippen LogP contribution in [0.1, 0.15) is 11.1 Å². The number of fused-ring (bicyclic) bond motifs is 4. The number of nitrogens with zero attached hydrogens (tertiary/aromatic N) is 6. The van der Waals surface area contributed by atoms with Crippen LogP contribution in [0.5, 0.6) is 0 Å². The zero-order chi connectivity index (χ0) is 40.7. The van der Waals surface area contributed by atoms with Crippen molar-refractivity contribution in [2.24, 2.45) is 0 Å². The van der Waals surface area contributed by atoms with Crippen LogP contribution in [-0.2, 0) is 0 Å². The lowest BCUT2D eigenvalue weighted by atomic mass is 9.34. The second-order valence-corrected chi connectivity index (χ2v) is 14.9. The van der Waals surface area contributed by atoms with Crippen LogP contribution in [0.15, 0.2) is 182 Å². The van der Waals surface area contributed by atoms with Gasteiger partial charge in [0, 0.05) is 45.3 Å². The van der Waals surface area contributed by atoms with Crippen molar-refractivity contribution in [3.05, 3.63) is 216 Å². The maximum atomic E-state index is 9.98. The molecule has 0 saturated heterocycles. The molecule has 0 bridgehead atoms. The van der Waals surface area contributed by atoms with Crippen LogP contribution < -0.4 is 42.6 Å². The first-order valence-electron chi connectivity index (χ1n) is 19.6. The minimum atomic E-state index is -0.0887. The average molecular weight is 760 g/mol. The van der Waals surface area contributed by atoms with Crippen molar-refractivity contribution in [3.8, 4) is 23.3 Å². The van der Waals surface area contributed by atoms with Crippen molar-refractivity contribution in [2.75, 3.05) is 9.80 Å². The first kappa shape index (κ1) is 35.8. The fourth-order valence-corrected chi connectivity index (χ4v) is 9.08. The Kier molecular flexibility index (Phi) is 8.81. The van der Waals surface area contributed by atoms with Crippen molar-refractivity contribution in [1.82, 2.24) is 0 Å². The largest absolute Gasteiger partial charge is 0.313 e. The molecule has 8 aromatic carbocycles. The molecule has 0 spiro atoms. The number of rotatable bonds is 5. The van der Waals surface area contributed by atoms with Crippen LogP contribution in [-0.4, -0.2) is 13.4 Å². The summed E-state index contributed by atoms with van der Waals surface area (Å²) in [6, 6.07) is 66.4. The van der Waals surface area contributed by atoms with E-state index < -0.39 is 0 Å². The second kappa shape index (κ2) is 14.8. The van der Waals surface area contributed by atoms with Crippen LogP contribution in [0.2, 0.25) is 0 Å². The lowest BCUT2D eigenvalue weighted by molar-refractivity contribution is 1.29. The van der Waals surface area contributed by atoms with Gasteiger partial charge < -0.3 is 9.80 Å². The Labute approximate surface area is 349 Å². The lowest BCUT2D eigenvalue weighted by Crippen LogP contribution is -2.57. The second-order valence-electron chi connectivity index (χ2n) is 14.9. The molecule has 0 N–H and O–H groups in total. The Hall–Kier alpha value is -8.55. The van der Waals surface area contributed by atoms with Gasteiger partial charge >= 0.3 is 0 Å². The van der Waals surface area contributed by atoms with Gasteiger partial charge in [0.15, 0.2) is 11.4 Å².